The third-order valence-corrected chi connectivity index (χ3v) is 2.73. The van der Waals surface area contributed by atoms with E-state index in [1.165, 1.54) is 0 Å². The van der Waals surface area contributed by atoms with Crippen LogP contribution in [0, 0.1) is 5.92 Å². The van der Waals surface area contributed by atoms with Crippen molar-refractivity contribution in [1.82, 2.24) is 4.90 Å². The number of carbonyl (C=O) groups is 1. The minimum atomic E-state index is -0.915. The lowest BCUT2D eigenvalue weighted by Crippen LogP contribution is -2.25. The third kappa shape index (κ3) is 6.25. The normalized spacial score (nSPS) is 11.0. The predicted octanol–water partition coefficient (Wildman–Crippen LogP) is 2.74. The van der Waals surface area contributed by atoms with Gasteiger partial charge in [-0.2, -0.15) is 0 Å². The van der Waals surface area contributed by atoms with Crippen molar-refractivity contribution in [3.63, 3.8) is 0 Å². The van der Waals surface area contributed by atoms with Gasteiger partial charge < -0.3 is 14.7 Å². The highest BCUT2D eigenvalue weighted by molar-refractivity contribution is 5.87. The van der Waals surface area contributed by atoms with Crippen molar-refractivity contribution in [2.24, 2.45) is 5.92 Å². The monoisotopic (exact) mass is 265 g/mol. The van der Waals surface area contributed by atoms with E-state index >= 15 is 0 Å². The van der Waals surface area contributed by atoms with Crippen LogP contribution < -0.4 is 4.74 Å². The van der Waals surface area contributed by atoms with Crippen LogP contribution in [0.3, 0.4) is 0 Å². The van der Waals surface area contributed by atoms with E-state index in [0.29, 0.717) is 12.5 Å². The molecule has 0 aliphatic heterocycles. The van der Waals surface area contributed by atoms with Gasteiger partial charge in [0.05, 0.1) is 12.2 Å². The number of carboxylic acids is 1. The molecule has 4 nitrogen and oxygen atoms in total. The second kappa shape index (κ2) is 7.79. The van der Waals surface area contributed by atoms with Gasteiger partial charge in [0.15, 0.2) is 0 Å². The molecule has 0 saturated heterocycles. The quantitative estimate of drug-likeness (QED) is 0.734. The molecular weight excluding hydrogens is 242 g/mol. The molecule has 0 atom stereocenters. The Morgan fingerprint density at radius 3 is 2.47 bits per heavy atom. The number of carboxylic acid groups (broad SMARTS) is 1. The lowest BCUT2D eigenvalue weighted by atomic mass is 10.2. The highest BCUT2D eigenvalue weighted by Crippen LogP contribution is 2.12. The van der Waals surface area contributed by atoms with E-state index in [1.807, 2.05) is 0 Å². The van der Waals surface area contributed by atoms with Crippen molar-refractivity contribution >= 4 is 5.97 Å². The molecule has 0 amide bonds. The molecule has 0 radical (unpaired) electrons. The topological polar surface area (TPSA) is 49.8 Å². The number of ether oxygens (including phenoxy) is 1. The van der Waals surface area contributed by atoms with E-state index < -0.39 is 5.97 Å². The molecule has 0 bridgehead atoms. The van der Waals surface area contributed by atoms with Gasteiger partial charge in [0.2, 0.25) is 0 Å². The maximum absolute atomic E-state index is 10.7. The van der Waals surface area contributed by atoms with Crippen molar-refractivity contribution in [3.8, 4) is 5.75 Å². The number of hydrogen-bond acceptors (Lipinski definition) is 3. The predicted molar refractivity (Wildman–Crippen MR) is 75.8 cm³/mol. The van der Waals surface area contributed by atoms with Crippen LogP contribution >= 0.6 is 0 Å². The van der Waals surface area contributed by atoms with E-state index in [9.17, 15) is 4.79 Å². The molecule has 0 aliphatic carbocycles. The maximum atomic E-state index is 10.7. The van der Waals surface area contributed by atoms with Crippen molar-refractivity contribution in [3.05, 3.63) is 29.8 Å². The van der Waals surface area contributed by atoms with E-state index in [4.69, 9.17) is 9.84 Å². The molecule has 0 spiro atoms. The Hall–Kier alpha value is -1.55. The zero-order valence-corrected chi connectivity index (χ0v) is 11.9. The SMILES string of the molecule is CC(C)CN(C)CCCOc1ccc(C(=O)O)cc1. The summed E-state index contributed by atoms with van der Waals surface area (Å²) < 4.78 is 5.58. The van der Waals surface area contributed by atoms with Crippen LogP contribution in [-0.2, 0) is 0 Å². The van der Waals surface area contributed by atoms with E-state index in [1.54, 1.807) is 24.3 Å². The Balaban J connectivity index is 2.24. The second-order valence-corrected chi connectivity index (χ2v) is 5.19. The smallest absolute Gasteiger partial charge is 0.335 e. The summed E-state index contributed by atoms with van der Waals surface area (Å²) in [4.78, 5) is 13.0. The minimum Gasteiger partial charge on any atom is -0.494 e. The fourth-order valence-electron chi connectivity index (χ4n) is 1.93. The van der Waals surface area contributed by atoms with E-state index in [2.05, 4.69) is 25.8 Å². The molecule has 19 heavy (non-hydrogen) atoms. The summed E-state index contributed by atoms with van der Waals surface area (Å²) in [5, 5.41) is 8.78. The standard InChI is InChI=1S/C15H23NO3/c1-12(2)11-16(3)9-4-10-19-14-7-5-13(6-8-14)15(17)18/h5-8,12H,4,9-11H2,1-3H3,(H,17,18). The Kier molecular flexibility index (Phi) is 6.36. The number of rotatable bonds is 8. The molecule has 0 unspecified atom stereocenters. The fourth-order valence-corrected chi connectivity index (χ4v) is 1.93. The van der Waals surface area contributed by atoms with E-state index in [0.717, 1.165) is 25.3 Å². The lowest BCUT2D eigenvalue weighted by molar-refractivity contribution is 0.0697. The molecule has 106 valence electrons. The molecule has 0 saturated carbocycles. The summed E-state index contributed by atoms with van der Waals surface area (Å²) in [6, 6.07) is 6.51. The molecule has 0 fully saturated rings. The fraction of sp³-hybridized carbons (Fsp3) is 0.533. The molecule has 0 aliphatic rings. The van der Waals surface area contributed by atoms with Crippen LogP contribution in [0.15, 0.2) is 24.3 Å². The molecule has 1 rings (SSSR count). The molecule has 1 N–H and O–H groups in total. The van der Waals surface area contributed by atoms with E-state index in [-0.39, 0.29) is 5.56 Å². The lowest BCUT2D eigenvalue weighted by Gasteiger charge is -2.18. The summed E-state index contributed by atoms with van der Waals surface area (Å²) in [5.41, 5.74) is 0.281. The van der Waals surface area contributed by atoms with Gasteiger partial charge in [-0.25, -0.2) is 4.79 Å². The first-order chi connectivity index (χ1) is 8.99. The van der Waals surface area contributed by atoms with Gasteiger partial charge in [0, 0.05) is 13.1 Å². The number of benzene rings is 1. The average Bonchev–Trinajstić information content (AvgIpc) is 2.34. The van der Waals surface area contributed by atoms with Crippen LogP contribution in [0.1, 0.15) is 30.6 Å². The van der Waals surface area contributed by atoms with Gasteiger partial charge in [-0.05, 0) is 43.7 Å². The van der Waals surface area contributed by atoms with Crippen LogP contribution in [0.25, 0.3) is 0 Å². The highest BCUT2D eigenvalue weighted by Gasteiger charge is 2.03. The number of nitrogens with zero attached hydrogens (tertiary/aromatic N) is 1. The van der Waals surface area contributed by atoms with Gasteiger partial charge >= 0.3 is 5.97 Å². The minimum absolute atomic E-state index is 0.281. The van der Waals surface area contributed by atoms with Crippen LogP contribution in [-0.4, -0.2) is 42.7 Å². The molecule has 4 heteroatoms. The zero-order chi connectivity index (χ0) is 14.3. The first-order valence-corrected chi connectivity index (χ1v) is 6.63. The third-order valence-electron chi connectivity index (χ3n) is 2.73. The average molecular weight is 265 g/mol. The second-order valence-electron chi connectivity index (χ2n) is 5.19. The molecule has 0 heterocycles. The molecule has 0 aromatic heterocycles. The Morgan fingerprint density at radius 2 is 1.95 bits per heavy atom. The summed E-state index contributed by atoms with van der Waals surface area (Å²) in [6.45, 7) is 7.15. The van der Waals surface area contributed by atoms with Crippen LogP contribution in [0.4, 0.5) is 0 Å². The summed E-state index contributed by atoms with van der Waals surface area (Å²) in [5.74, 6) is 0.479. The van der Waals surface area contributed by atoms with Crippen molar-refractivity contribution < 1.29 is 14.6 Å². The zero-order valence-electron chi connectivity index (χ0n) is 11.9. The Morgan fingerprint density at radius 1 is 1.32 bits per heavy atom. The van der Waals surface area contributed by atoms with Gasteiger partial charge in [-0.1, -0.05) is 13.8 Å². The largest absolute Gasteiger partial charge is 0.494 e. The maximum Gasteiger partial charge on any atom is 0.335 e. The van der Waals surface area contributed by atoms with Gasteiger partial charge in [0.1, 0.15) is 5.75 Å². The van der Waals surface area contributed by atoms with Gasteiger partial charge in [-0.3, -0.25) is 0 Å². The molecular formula is C15H23NO3. The first-order valence-electron chi connectivity index (χ1n) is 6.63. The van der Waals surface area contributed by atoms with Crippen molar-refractivity contribution in [2.45, 2.75) is 20.3 Å². The van der Waals surface area contributed by atoms with Gasteiger partial charge in [0.25, 0.3) is 0 Å². The Labute approximate surface area is 115 Å². The van der Waals surface area contributed by atoms with Crippen molar-refractivity contribution in [1.29, 1.82) is 0 Å². The highest BCUT2D eigenvalue weighted by atomic mass is 16.5. The summed E-state index contributed by atoms with van der Waals surface area (Å²) in [7, 11) is 2.11. The summed E-state index contributed by atoms with van der Waals surface area (Å²) >= 11 is 0. The van der Waals surface area contributed by atoms with Crippen LogP contribution in [0.5, 0.6) is 5.75 Å². The Bertz CT molecular complexity index is 387. The molecule has 1 aromatic carbocycles. The number of hydrogen-bond donors (Lipinski definition) is 1. The first kappa shape index (κ1) is 15.5. The van der Waals surface area contributed by atoms with Crippen molar-refractivity contribution in [2.75, 3.05) is 26.7 Å². The van der Waals surface area contributed by atoms with Gasteiger partial charge in [-0.15, -0.1) is 0 Å². The number of aromatic carboxylic acids is 1. The van der Waals surface area contributed by atoms with Crippen LogP contribution in [0.2, 0.25) is 0 Å². The summed E-state index contributed by atoms with van der Waals surface area (Å²) in [6.07, 6.45) is 0.962. The molecule has 1 aromatic rings.